The van der Waals surface area contributed by atoms with Gasteiger partial charge in [-0.05, 0) is 44.0 Å². The summed E-state index contributed by atoms with van der Waals surface area (Å²) < 4.78 is 5.44. The summed E-state index contributed by atoms with van der Waals surface area (Å²) in [5.41, 5.74) is 0.846. The minimum absolute atomic E-state index is 0.0730. The molecule has 6 heteroatoms. The molecule has 6 nitrogen and oxygen atoms in total. The number of carbonyl (C=O) groups is 2. The summed E-state index contributed by atoms with van der Waals surface area (Å²) in [6, 6.07) is 7.44. The number of urea groups is 1. The molecule has 136 valence electrons. The minimum Gasteiger partial charge on any atom is -0.494 e. The van der Waals surface area contributed by atoms with Gasteiger partial charge in [0.1, 0.15) is 12.3 Å². The smallest absolute Gasteiger partial charge is 0.325 e. The van der Waals surface area contributed by atoms with Crippen molar-refractivity contribution in [3.63, 3.8) is 0 Å². The molecule has 1 aromatic rings. The van der Waals surface area contributed by atoms with Crippen LogP contribution in [0, 0.1) is 0 Å². The second kappa shape index (κ2) is 8.23. The van der Waals surface area contributed by atoms with E-state index >= 15 is 0 Å². The first-order valence-corrected chi connectivity index (χ1v) is 9.26. The summed E-state index contributed by atoms with van der Waals surface area (Å²) in [7, 11) is 0. The normalized spacial score (nSPS) is 18.4. The fourth-order valence-electron chi connectivity index (χ4n) is 3.44. The summed E-state index contributed by atoms with van der Waals surface area (Å²) in [5.74, 6) is 0.870. The molecule has 0 radical (unpaired) electrons. The maximum absolute atomic E-state index is 12.7. The maximum Gasteiger partial charge on any atom is 0.325 e. The van der Waals surface area contributed by atoms with Crippen LogP contribution in [0.4, 0.5) is 10.5 Å². The summed E-state index contributed by atoms with van der Waals surface area (Å²) in [6.07, 6.45) is 4.52. The van der Waals surface area contributed by atoms with Crippen LogP contribution in [0.3, 0.4) is 0 Å². The molecule has 2 saturated heterocycles. The van der Waals surface area contributed by atoms with Crippen molar-refractivity contribution in [3.05, 3.63) is 24.3 Å². The number of nitrogens with zero attached hydrogens (tertiary/aromatic N) is 3. The lowest BCUT2D eigenvalue weighted by molar-refractivity contribution is -0.131. The van der Waals surface area contributed by atoms with Crippen molar-refractivity contribution in [1.29, 1.82) is 0 Å². The van der Waals surface area contributed by atoms with Gasteiger partial charge in [-0.2, -0.15) is 0 Å². The van der Waals surface area contributed by atoms with Gasteiger partial charge in [-0.15, -0.1) is 0 Å². The number of likely N-dealkylation sites (tertiary alicyclic amines) is 1. The number of rotatable bonds is 5. The lowest BCUT2D eigenvalue weighted by atomic mass is 10.2. The quantitative estimate of drug-likeness (QED) is 0.824. The molecule has 1 aromatic carbocycles. The van der Waals surface area contributed by atoms with Crippen molar-refractivity contribution in [2.24, 2.45) is 0 Å². The van der Waals surface area contributed by atoms with Gasteiger partial charge in [0, 0.05) is 31.9 Å². The monoisotopic (exact) mass is 345 g/mol. The van der Waals surface area contributed by atoms with E-state index in [1.165, 1.54) is 12.8 Å². The zero-order valence-electron chi connectivity index (χ0n) is 14.9. The van der Waals surface area contributed by atoms with Crippen molar-refractivity contribution < 1.29 is 14.3 Å². The Balaban J connectivity index is 1.58. The van der Waals surface area contributed by atoms with Crippen molar-refractivity contribution in [1.82, 2.24) is 9.80 Å². The van der Waals surface area contributed by atoms with Gasteiger partial charge >= 0.3 is 6.03 Å². The largest absolute Gasteiger partial charge is 0.494 e. The first kappa shape index (κ1) is 17.6. The van der Waals surface area contributed by atoms with Gasteiger partial charge in [0.15, 0.2) is 0 Å². The fourth-order valence-corrected chi connectivity index (χ4v) is 3.44. The molecule has 2 aliphatic rings. The van der Waals surface area contributed by atoms with Crippen LogP contribution in [0.15, 0.2) is 24.3 Å². The van der Waals surface area contributed by atoms with Gasteiger partial charge in [0.05, 0.1) is 6.61 Å². The first-order valence-electron chi connectivity index (χ1n) is 9.26. The molecule has 2 heterocycles. The molecule has 0 unspecified atom stereocenters. The van der Waals surface area contributed by atoms with Crippen LogP contribution in [0.1, 0.15) is 32.6 Å². The summed E-state index contributed by atoms with van der Waals surface area (Å²) in [4.78, 5) is 30.5. The van der Waals surface area contributed by atoms with Crippen molar-refractivity contribution in [2.45, 2.75) is 32.6 Å². The molecule has 0 bridgehead atoms. The Labute approximate surface area is 149 Å². The number of carbonyl (C=O) groups excluding carboxylic acids is 2. The van der Waals surface area contributed by atoms with E-state index in [4.69, 9.17) is 4.74 Å². The second-order valence-electron chi connectivity index (χ2n) is 6.58. The lowest BCUT2D eigenvalue weighted by Crippen LogP contribution is -2.42. The van der Waals surface area contributed by atoms with Crippen LogP contribution in [0.25, 0.3) is 0 Å². The van der Waals surface area contributed by atoms with Crippen LogP contribution in [0.2, 0.25) is 0 Å². The number of hydrogen-bond donors (Lipinski definition) is 0. The Morgan fingerprint density at radius 3 is 2.32 bits per heavy atom. The highest BCUT2D eigenvalue weighted by atomic mass is 16.5. The Hall–Kier alpha value is -2.24. The molecule has 2 fully saturated rings. The van der Waals surface area contributed by atoms with Gasteiger partial charge in [0.2, 0.25) is 5.91 Å². The Bertz CT molecular complexity index is 594. The molecule has 25 heavy (non-hydrogen) atoms. The van der Waals surface area contributed by atoms with Gasteiger partial charge in [-0.25, -0.2) is 4.79 Å². The molecular weight excluding hydrogens is 318 g/mol. The average Bonchev–Trinajstić information content (AvgIpc) is 2.83. The molecule has 0 spiro atoms. The predicted octanol–water partition coefficient (Wildman–Crippen LogP) is 2.73. The highest BCUT2D eigenvalue weighted by Gasteiger charge is 2.32. The molecule has 0 saturated carbocycles. The van der Waals surface area contributed by atoms with E-state index in [1.54, 1.807) is 9.80 Å². The van der Waals surface area contributed by atoms with E-state index in [2.05, 4.69) is 0 Å². The molecule has 0 aromatic heterocycles. The van der Waals surface area contributed by atoms with Gasteiger partial charge in [-0.1, -0.05) is 12.8 Å². The second-order valence-corrected chi connectivity index (χ2v) is 6.58. The van der Waals surface area contributed by atoms with E-state index in [1.807, 2.05) is 36.1 Å². The van der Waals surface area contributed by atoms with Crippen LogP contribution >= 0.6 is 0 Å². The van der Waals surface area contributed by atoms with Gasteiger partial charge in [-0.3, -0.25) is 9.69 Å². The fraction of sp³-hybridized carbons (Fsp3) is 0.579. The van der Waals surface area contributed by atoms with Gasteiger partial charge < -0.3 is 14.5 Å². The third-order valence-corrected chi connectivity index (χ3v) is 4.84. The van der Waals surface area contributed by atoms with Gasteiger partial charge in [0.25, 0.3) is 0 Å². The summed E-state index contributed by atoms with van der Waals surface area (Å²) in [5, 5.41) is 0. The molecule has 0 N–H and O–H groups in total. The zero-order valence-corrected chi connectivity index (χ0v) is 14.9. The average molecular weight is 345 g/mol. The number of hydrogen-bond acceptors (Lipinski definition) is 3. The SMILES string of the molecule is CCOc1ccc(N2CCN(CC(=O)N3CCCCCC3)C2=O)cc1. The van der Waals surface area contributed by atoms with E-state index in [-0.39, 0.29) is 18.5 Å². The Morgan fingerprint density at radius 1 is 1.00 bits per heavy atom. The van der Waals surface area contributed by atoms with Crippen molar-refractivity contribution in [2.75, 3.05) is 44.2 Å². The third-order valence-electron chi connectivity index (χ3n) is 4.84. The summed E-state index contributed by atoms with van der Waals surface area (Å²) in [6.45, 7) is 5.59. The third kappa shape index (κ3) is 4.24. The molecule has 0 atom stereocenters. The van der Waals surface area contributed by atoms with Crippen LogP contribution in [-0.4, -0.2) is 61.1 Å². The topological polar surface area (TPSA) is 53.1 Å². The van der Waals surface area contributed by atoms with Crippen LogP contribution < -0.4 is 9.64 Å². The standard InChI is InChI=1S/C19H27N3O3/c1-2-25-17-9-7-16(8-10-17)22-14-13-21(19(22)24)15-18(23)20-11-5-3-4-6-12-20/h7-10H,2-6,11-15H2,1H3. The minimum atomic E-state index is -0.0904. The van der Waals surface area contributed by atoms with E-state index in [0.717, 1.165) is 37.4 Å². The first-order chi connectivity index (χ1) is 12.2. The molecule has 2 aliphatic heterocycles. The molecule has 3 amide bonds. The highest BCUT2D eigenvalue weighted by Crippen LogP contribution is 2.23. The number of benzene rings is 1. The van der Waals surface area contributed by atoms with E-state index in [0.29, 0.717) is 19.7 Å². The molecular formula is C19H27N3O3. The summed E-state index contributed by atoms with van der Waals surface area (Å²) >= 11 is 0. The van der Waals surface area contributed by atoms with E-state index < -0.39 is 0 Å². The maximum atomic E-state index is 12.7. The number of anilines is 1. The molecule has 3 rings (SSSR count). The highest BCUT2D eigenvalue weighted by molar-refractivity contribution is 5.96. The zero-order chi connectivity index (χ0) is 17.6. The molecule has 0 aliphatic carbocycles. The van der Waals surface area contributed by atoms with E-state index in [9.17, 15) is 9.59 Å². The van der Waals surface area contributed by atoms with Crippen molar-refractivity contribution in [3.8, 4) is 5.75 Å². The Kier molecular flexibility index (Phi) is 5.79. The lowest BCUT2D eigenvalue weighted by Gasteiger charge is -2.24. The van der Waals surface area contributed by atoms with Crippen LogP contribution in [0.5, 0.6) is 5.75 Å². The predicted molar refractivity (Wildman–Crippen MR) is 97.0 cm³/mol. The van der Waals surface area contributed by atoms with Crippen molar-refractivity contribution >= 4 is 17.6 Å². The number of amides is 3. The van der Waals surface area contributed by atoms with Crippen LogP contribution in [-0.2, 0) is 4.79 Å². The number of ether oxygens (including phenoxy) is 1. The Morgan fingerprint density at radius 2 is 1.68 bits per heavy atom.